The largest absolute Gasteiger partial charge is 0.481 e. The van der Waals surface area contributed by atoms with Crippen LogP contribution >= 0.6 is 0 Å². The number of nitrogens with zero attached hydrogens (tertiary/aromatic N) is 1. The molecule has 1 amide bonds. The number of carboxylic acid groups (broad SMARTS) is 1. The Balaban J connectivity index is 1.90. The van der Waals surface area contributed by atoms with Crippen molar-refractivity contribution in [3.8, 4) is 0 Å². The van der Waals surface area contributed by atoms with Gasteiger partial charge >= 0.3 is 5.97 Å². The molecule has 1 N–H and O–H groups in total. The molecule has 1 aromatic rings. The lowest BCUT2D eigenvalue weighted by atomic mass is 9.98. The summed E-state index contributed by atoms with van der Waals surface area (Å²) < 4.78 is 5.59. The molecule has 0 aromatic heterocycles. The van der Waals surface area contributed by atoms with E-state index in [-0.39, 0.29) is 24.5 Å². The van der Waals surface area contributed by atoms with Gasteiger partial charge in [-0.2, -0.15) is 0 Å². The average molecular weight is 289 g/mol. The maximum absolute atomic E-state index is 12.8. The zero-order valence-electron chi connectivity index (χ0n) is 12.0. The minimum absolute atomic E-state index is 0.00412. The number of rotatable bonds is 3. The molecule has 1 aromatic carbocycles. The predicted molar refractivity (Wildman–Crippen MR) is 77.3 cm³/mol. The van der Waals surface area contributed by atoms with Crippen LogP contribution in [0, 0.1) is 5.92 Å². The molecule has 5 heteroatoms. The van der Waals surface area contributed by atoms with Gasteiger partial charge < -0.3 is 14.7 Å². The van der Waals surface area contributed by atoms with Crippen LogP contribution in [0.5, 0.6) is 0 Å². The molecule has 2 aliphatic heterocycles. The van der Waals surface area contributed by atoms with Crippen molar-refractivity contribution in [1.29, 1.82) is 0 Å². The van der Waals surface area contributed by atoms with E-state index in [4.69, 9.17) is 4.74 Å². The highest BCUT2D eigenvalue weighted by molar-refractivity contribution is 6.00. The molecule has 1 fully saturated rings. The first-order valence-corrected chi connectivity index (χ1v) is 7.38. The van der Waals surface area contributed by atoms with Crippen LogP contribution in [0.15, 0.2) is 24.3 Å². The summed E-state index contributed by atoms with van der Waals surface area (Å²) in [5.74, 6) is -1.67. The standard InChI is InChI=1S/C16H19NO4/c1-2-14-11(7-8-21-14)15(18)17-9-12(16(19)20)10-5-3-4-6-13(10)17/h3-6,11-12,14H,2,7-9H2,1H3,(H,19,20). The minimum atomic E-state index is -0.882. The van der Waals surface area contributed by atoms with Crippen molar-refractivity contribution in [1.82, 2.24) is 0 Å². The Labute approximate surface area is 123 Å². The van der Waals surface area contributed by atoms with E-state index in [0.29, 0.717) is 13.0 Å². The SMILES string of the molecule is CCC1OCCC1C(=O)N1CC(C(=O)O)c2ccccc21. The highest BCUT2D eigenvalue weighted by Crippen LogP contribution is 2.38. The number of carbonyl (C=O) groups excluding carboxylic acids is 1. The van der Waals surface area contributed by atoms with Gasteiger partial charge in [0.1, 0.15) is 5.92 Å². The van der Waals surface area contributed by atoms with Crippen molar-refractivity contribution in [3.63, 3.8) is 0 Å². The lowest BCUT2D eigenvalue weighted by Gasteiger charge is -2.24. The molecule has 2 aliphatic rings. The second-order valence-electron chi connectivity index (χ2n) is 5.61. The van der Waals surface area contributed by atoms with Gasteiger partial charge in [-0.25, -0.2) is 0 Å². The molecule has 2 heterocycles. The molecule has 0 radical (unpaired) electrons. The molecule has 0 saturated carbocycles. The van der Waals surface area contributed by atoms with Gasteiger partial charge in [0.05, 0.1) is 12.0 Å². The summed E-state index contributed by atoms with van der Waals surface area (Å²) in [4.78, 5) is 25.8. The van der Waals surface area contributed by atoms with Gasteiger partial charge in [0.2, 0.25) is 5.91 Å². The summed E-state index contributed by atoms with van der Waals surface area (Å²) in [6.45, 7) is 2.83. The van der Waals surface area contributed by atoms with Crippen LogP contribution in [0.3, 0.4) is 0 Å². The number of aliphatic carboxylic acids is 1. The van der Waals surface area contributed by atoms with Gasteiger partial charge in [-0.15, -0.1) is 0 Å². The number of fused-ring (bicyclic) bond motifs is 1. The molecule has 112 valence electrons. The van der Waals surface area contributed by atoms with Crippen LogP contribution in [-0.2, 0) is 14.3 Å². The van der Waals surface area contributed by atoms with Crippen LogP contribution in [0.25, 0.3) is 0 Å². The van der Waals surface area contributed by atoms with Gasteiger partial charge in [-0.3, -0.25) is 9.59 Å². The zero-order chi connectivity index (χ0) is 15.0. The first kappa shape index (κ1) is 14.1. The van der Waals surface area contributed by atoms with Gasteiger partial charge in [0.25, 0.3) is 0 Å². The molecule has 21 heavy (non-hydrogen) atoms. The van der Waals surface area contributed by atoms with Crippen molar-refractivity contribution in [2.45, 2.75) is 31.8 Å². The second kappa shape index (κ2) is 5.48. The smallest absolute Gasteiger partial charge is 0.312 e. The van der Waals surface area contributed by atoms with Gasteiger partial charge in [-0.1, -0.05) is 25.1 Å². The van der Waals surface area contributed by atoms with E-state index in [1.165, 1.54) is 0 Å². The van der Waals surface area contributed by atoms with E-state index in [2.05, 4.69) is 0 Å². The van der Waals surface area contributed by atoms with E-state index >= 15 is 0 Å². The summed E-state index contributed by atoms with van der Waals surface area (Å²) in [6, 6.07) is 7.28. The fraction of sp³-hybridized carbons (Fsp3) is 0.500. The first-order valence-electron chi connectivity index (χ1n) is 7.38. The summed E-state index contributed by atoms with van der Waals surface area (Å²) in [5, 5.41) is 9.36. The van der Waals surface area contributed by atoms with E-state index < -0.39 is 11.9 Å². The van der Waals surface area contributed by atoms with Crippen LogP contribution in [0.1, 0.15) is 31.2 Å². The van der Waals surface area contributed by atoms with Crippen LogP contribution in [0.4, 0.5) is 5.69 Å². The summed E-state index contributed by atoms with van der Waals surface area (Å²) in [6.07, 6.45) is 1.47. The van der Waals surface area contributed by atoms with E-state index in [0.717, 1.165) is 17.7 Å². The molecule has 0 spiro atoms. The van der Waals surface area contributed by atoms with Gasteiger partial charge in [0, 0.05) is 18.8 Å². The molecular weight excluding hydrogens is 270 g/mol. The Kier molecular flexibility index (Phi) is 3.68. The molecule has 3 unspecified atom stereocenters. The van der Waals surface area contributed by atoms with Gasteiger partial charge in [0.15, 0.2) is 0 Å². The topological polar surface area (TPSA) is 66.8 Å². The average Bonchev–Trinajstić information content (AvgIpc) is 3.11. The number of carboxylic acids is 1. The third-order valence-corrected chi connectivity index (χ3v) is 4.46. The molecule has 0 aliphatic carbocycles. The van der Waals surface area contributed by atoms with Crippen LogP contribution < -0.4 is 4.90 Å². The van der Waals surface area contributed by atoms with E-state index in [1.807, 2.05) is 25.1 Å². The third kappa shape index (κ3) is 2.31. The predicted octanol–water partition coefficient (Wildman–Crippen LogP) is 2.02. The maximum atomic E-state index is 12.8. The Bertz CT molecular complexity index is 571. The Morgan fingerprint density at radius 2 is 2.14 bits per heavy atom. The van der Waals surface area contributed by atoms with E-state index in [1.54, 1.807) is 11.0 Å². The van der Waals surface area contributed by atoms with Crippen LogP contribution in [-0.4, -0.2) is 36.2 Å². The third-order valence-electron chi connectivity index (χ3n) is 4.46. The molecule has 1 saturated heterocycles. The Morgan fingerprint density at radius 1 is 1.38 bits per heavy atom. The number of hydrogen-bond donors (Lipinski definition) is 1. The van der Waals surface area contributed by atoms with Crippen LogP contribution in [0.2, 0.25) is 0 Å². The fourth-order valence-corrected chi connectivity index (χ4v) is 3.36. The summed E-state index contributed by atoms with van der Waals surface area (Å²) >= 11 is 0. The molecule has 5 nitrogen and oxygen atoms in total. The number of amides is 1. The highest BCUT2D eigenvalue weighted by Gasteiger charge is 2.42. The highest BCUT2D eigenvalue weighted by atomic mass is 16.5. The van der Waals surface area contributed by atoms with Crippen molar-refractivity contribution >= 4 is 17.6 Å². The normalized spacial score (nSPS) is 27.7. The number of benzene rings is 1. The lowest BCUT2D eigenvalue weighted by Crippen LogP contribution is -2.39. The number of ether oxygens (including phenoxy) is 1. The Morgan fingerprint density at radius 3 is 2.86 bits per heavy atom. The fourth-order valence-electron chi connectivity index (χ4n) is 3.36. The van der Waals surface area contributed by atoms with Crippen molar-refractivity contribution in [2.75, 3.05) is 18.1 Å². The quantitative estimate of drug-likeness (QED) is 0.924. The maximum Gasteiger partial charge on any atom is 0.312 e. The number of hydrogen-bond acceptors (Lipinski definition) is 3. The van der Waals surface area contributed by atoms with Crippen molar-refractivity contribution in [3.05, 3.63) is 29.8 Å². The molecule has 3 rings (SSSR count). The molecule has 0 bridgehead atoms. The molecular formula is C16H19NO4. The van der Waals surface area contributed by atoms with Gasteiger partial charge in [-0.05, 0) is 24.5 Å². The van der Waals surface area contributed by atoms with Crippen molar-refractivity contribution in [2.24, 2.45) is 5.92 Å². The van der Waals surface area contributed by atoms with E-state index in [9.17, 15) is 14.7 Å². The molecule has 3 atom stereocenters. The number of carbonyl (C=O) groups is 2. The number of para-hydroxylation sites is 1. The van der Waals surface area contributed by atoms with Crippen molar-refractivity contribution < 1.29 is 19.4 Å². The number of anilines is 1. The second-order valence-corrected chi connectivity index (χ2v) is 5.61. The monoisotopic (exact) mass is 289 g/mol. The lowest BCUT2D eigenvalue weighted by molar-refractivity contribution is -0.138. The Hall–Kier alpha value is -1.88. The first-order chi connectivity index (χ1) is 10.1. The zero-order valence-corrected chi connectivity index (χ0v) is 12.0. The summed E-state index contributed by atoms with van der Waals surface area (Å²) in [5.41, 5.74) is 1.46. The minimum Gasteiger partial charge on any atom is -0.481 e. The summed E-state index contributed by atoms with van der Waals surface area (Å²) in [7, 11) is 0.